The number of ether oxygens (including phenoxy) is 1. The van der Waals surface area contributed by atoms with Gasteiger partial charge in [-0.2, -0.15) is 0 Å². The molecular formula is C17H24Cl2O2SiZr. The molecule has 0 saturated carbocycles. The molecule has 2 aliphatic carbocycles. The Morgan fingerprint density at radius 1 is 1.09 bits per heavy atom. The van der Waals surface area contributed by atoms with Crippen molar-refractivity contribution in [2.24, 2.45) is 5.92 Å². The van der Waals surface area contributed by atoms with E-state index in [1.54, 1.807) is 17.7 Å². The second kappa shape index (κ2) is 8.78. The molecule has 2 nitrogen and oxygen atoms in total. The standard InChI is InChI=1S/C17H24O2Si.2ClH.Zr/c1-14(19-20(2,3)4)18-13-17(15-9-5-6-10-15)16-11-7-8-12-16;;;/h5,7,9,11,14,17H,6,8,13H2,1-4H3;2*1H;/q;;;+2/p-2. The van der Waals surface area contributed by atoms with Gasteiger partial charge in [0.25, 0.3) is 0 Å². The van der Waals surface area contributed by atoms with Crippen molar-refractivity contribution in [1.29, 1.82) is 0 Å². The zero-order chi connectivity index (χ0) is 15.0. The van der Waals surface area contributed by atoms with Crippen LogP contribution in [-0.2, 0) is 32.4 Å². The number of hydrogen-bond acceptors (Lipinski definition) is 2. The van der Waals surface area contributed by atoms with Crippen LogP contribution in [0.1, 0.15) is 19.8 Å². The van der Waals surface area contributed by atoms with Gasteiger partial charge in [0.05, 0.1) is 0 Å². The van der Waals surface area contributed by atoms with E-state index in [4.69, 9.17) is 9.16 Å². The summed E-state index contributed by atoms with van der Waals surface area (Å²) in [6, 6.07) is 0. The molecule has 0 amide bonds. The Morgan fingerprint density at radius 2 is 1.61 bits per heavy atom. The Hall–Kier alpha value is 0.560. The van der Waals surface area contributed by atoms with Crippen LogP contribution in [0.2, 0.25) is 19.6 Å². The number of allylic oxidation sites excluding steroid dienone is 6. The van der Waals surface area contributed by atoms with Crippen LogP contribution in [0, 0.1) is 5.92 Å². The zero-order valence-corrected chi connectivity index (χ0v) is 19.1. The van der Waals surface area contributed by atoms with Gasteiger partial charge in [0.1, 0.15) is 0 Å². The maximum Gasteiger partial charge on any atom is -1.00 e. The summed E-state index contributed by atoms with van der Waals surface area (Å²) >= 11 is -0.476. The van der Waals surface area contributed by atoms with E-state index in [9.17, 15) is 0 Å². The fourth-order valence-corrected chi connectivity index (χ4v) is 8.25. The van der Waals surface area contributed by atoms with Crippen molar-refractivity contribution in [2.75, 3.05) is 6.61 Å². The predicted octanol–water partition coefficient (Wildman–Crippen LogP) is -1.65. The van der Waals surface area contributed by atoms with Gasteiger partial charge in [-0.05, 0) is 0 Å². The molecule has 0 radical (unpaired) electrons. The van der Waals surface area contributed by atoms with Crippen LogP contribution in [0.25, 0.3) is 0 Å². The molecule has 3 aliphatic rings. The van der Waals surface area contributed by atoms with Gasteiger partial charge in [-0.3, -0.25) is 0 Å². The molecule has 0 aromatic heterocycles. The predicted molar refractivity (Wildman–Crippen MR) is 84.9 cm³/mol. The van der Waals surface area contributed by atoms with Crippen molar-refractivity contribution in [3.05, 3.63) is 42.0 Å². The topological polar surface area (TPSA) is 18.5 Å². The van der Waals surface area contributed by atoms with Gasteiger partial charge >= 0.3 is 141 Å². The fourth-order valence-electron chi connectivity index (χ4n) is 3.24. The van der Waals surface area contributed by atoms with Gasteiger partial charge in [0.2, 0.25) is 0 Å². The van der Waals surface area contributed by atoms with E-state index < -0.39 is 31.6 Å². The molecule has 0 aromatic rings. The third kappa shape index (κ3) is 5.26. The SMILES string of the molecule is CC(OCC1C2=[C](CC=C2)[Zr+2][C]2=C1C=CC2)O[Si](C)(C)C.[Cl-].[Cl-]. The average molecular weight is 451 g/mol. The number of hydrogen-bond donors (Lipinski definition) is 0. The zero-order valence-electron chi connectivity index (χ0n) is 14.2. The van der Waals surface area contributed by atoms with Crippen molar-refractivity contribution in [2.45, 2.75) is 45.7 Å². The Balaban J connectivity index is 0.00000132. The van der Waals surface area contributed by atoms with Crippen molar-refractivity contribution in [1.82, 2.24) is 0 Å². The molecular weight excluding hydrogens is 426 g/mol. The molecule has 1 heterocycles. The minimum Gasteiger partial charge on any atom is -1.00 e. The van der Waals surface area contributed by atoms with Crippen LogP contribution >= 0.6 is 0 Å². The summed E-state index contributed by atoms with van der Waals surface area (Å²) in [5, 5.41) is 0. The first-order chi connectivity index (χ1) is 9.94. The summed E-state index contributed by atoms with van der Waals surface area (Å²) in [5.74, 6) is 0.454. The summed E-state index contributed by atoms with van der Waals surface area (Å²) < 4.78 is 15.6. The molecule has 6 heteroatoms. The number of halogens is 2. The maximum absolute atomic E-state index is 6.07. The molecule has 126 valence electrons. The van der Waals surface area contributed by atoms with E-state index in [-0.39, 0.29) is 31.1 Å². The summed E-state index contributed by atoms with van der Waals surface area (Å²) in [5.41, 5.74) is 3.15. The van der Waals surface area contributed by atoms with Gasteiger partial charge in [0.15, 0.2) is 0 Å². The maximum atomic E-state index is 6.07. The van der Waals surface area contributed by atoms with Gasteiger partial charge in [0, 0.05) is 0 Å². The monoisotopic (exact) mass is 448 g/mol. The quantitative estimate of drug-likeness (QED) is 0.369. The first kappa shape index (κ1) is 21.6. The summed E-state index contributed by atoms with van der Waals surface area (Å²) in [6.07, 6.45) is 11.7. The third-order valence-corrected chi connectivity index (χ3v) is 8.95. The first-order valence-electron chi connectivity index (χ1n) is 7.79. The Morgan fingerprint density at radius 3 is 2.09 bits per heavy atom. The molecule has 0 saturated heterocycles. The molecule has 0 fully saturated rings. The molecule has 0 N–H and O–H groups in total. The van der Waals surface area contributed by atoms with Crippen molar-refractivity contribution in [3.63, 3.8) is 0 Å². The van der Waals surface area contributed by atoms with Gasteiger partial charge in [-0.1, -0.05) is 0 Å². The van der Waals surface area contributed by atoms with E-state index in [1.165, 1.54) is 12.8 Å². The van der Waals surface area contributed by atoms with Gasteiger partial charge in [-0.15, -0.1) is 0 Å². The molecule has 0 bridgehead atoms. The molecule has 1 aliphatic heterocycles. The normalized spacial score (nSPS) is 20.3. The average Bonchev–Trinajstić information content (AvgIpc) is 2.99. The second-order valence-corrected chi connectivity index (χ2v) is 14.9. The van der Waals surface area contributed by atoms with Crippen LogP contribution in [0.3, 0.4) is 0 Å². The van der Waals surface area contributed by atoms with Gasteiger partial charge < -0.3 is 24.8 Å². The van der Waals surface area contributed by atoms with Crippen molar-refractivity contribution >= 4 is 8.32 Å². The second-order valence-electron chi connectivity index (χ2n) is 6.89. The van der Waals surface area contributed by atoms with Gasteiger partial charge in [-0.25, -0.2) is 0 Å². The molecule has 1 unspecified atom stereocenters. The largest absolute Gasteiger partial charge is 1.00 e. The fraction of sp³-hybridized carbons (Fsp3) is 0.529. The third-order valence-electron chi connectivity index (χ3n) is 4.01. The minimum atomic E-state index is -1.53. The van der Waals surface area contributed by atoms with E-state index in [1.807, 2.05) is 6.92 Å². The van der Waals surface area contributed by atoms with E-state index in [0.717, 1.165) is 6.61 Å². The first-order valence-corrected chi connectivity index (χ1v) is 13.7. The molecule has 0 spiro atoms. The smallest absolute Gasteiger partial charge is 1.00 e. The number of rotatable bonds is 5. The summed E-state index contributed by atoms with van der Waals surface area (Å²) in [4.78, 5) is 0. The molecule has 1 atom stereocenters. The van der Waals surface area contributed by atoms with Crippen molar-refractivity contribution < 1.29 is 57.2 Å². The van der Waals surface area contributed by atoms with Crippen LogP contribution in [-0.4, -0.2) is 21.2 Å². The molecule has 0 aromatic carbocycles. The summed E-state index contributed by atoms with van der Waals surface area (Å²) in [6.45, 7) is 9.43. The van der Waals surface area contributed by atoms with Crippen LogP contribution in [0.15, 0.2) is 42.0 Å². The van der Waals surface area contributed by atoms with E-state index in [2.05, 4.69) is 43.9 Å². The van der Waals surface area contributed by atoms with Crippen LogP contribution < -0.4 is 24.8 Å². The van der Waals surface area contributed by atoms with Crippen LogP contribution in [0.4, 0.5) is 0 Å². The Labute approximate surface area is 165 Å². The van der Waals surface area contributed by atoms with Crippen molar-refractivity contribution in [3.8, 4) is 0 Å². The molecule has 23 heavy (non-hydrogen) atoms. The van der Waals surface area contributed by atoms with E-state index >= 15 is 0 Å². The minimum absolute atomic E-state index is 0. The van der Waals surface area contributed by atoms with Crippen LogP contribution in [0.5, 0.6) is 0 Å². The molecule has 3 rings (SSSR count). The Bertz CT molecular complexity index is 525. The Kier molecular flexibility index (Phi) is 8.25. The van der Waals surface area contributed by atoms with E-state index in [0.29, 0.717) is 5.92 Å². The summed E-state index contributed by atoms with van der Waals surface area (Å²) in [7, 11) is -1.53.